The zero-order chi connectivity index (χ0) is 13.6. The second kappa shape index (κ2) is 12.9. The van der Waals surface area contributed by atoms with Gasteiger partial charge in [-0.1, -0.05) is 71.1 Å². The molecule has 2 heteroatoms. The third kappa shape index (κ3) is 13.5. The second-order valence-electron chi connectivity index (χ2n) is 5.57. The van der Waals surface area contributed by atoms with Crippen molar-refractivity contribution in [1.29, 1.82) is 0 Å². The Bertz CT molecular complexity index is 192. The second-order valence-corrected chi connectivity index (χ2v) is 5.57. The Morgan fingerprint density at radius 2 is 1.33 bits per heavy atom. The number of amides is 1. The first-order valence-corrected chi connectivity index (χ1v) is 7.94. The molecule has 0 radical (unpaired) electrons. The summed E-state index contributed by atoms with van der Waals surface area (Å²) >= 11 is 0. The minimum atomic E-state index is 0.0922. The summed E-state index contributed by atoms with van der Waals surface area (Å²) in [6.45, 7) is 5.95. The number of carbonyl (C=O) groups excluding carboxylic acids is 1. The Morgan fingerprint density at radius 1 is 0.889 bits per heavy atom. The molecule has 1 N–H and O–H groups in total. The van der Waals surface area contributed by atoms with Crippen LogP contribution in [-0.2, 0) is 4.79 Å². The molecule has 0 saturated carbocycles. The number of carbonyl (C=O) groups is 1. The molecular formula is C16H33NO. The summed E-state index contributed by atoms with van der Waals surface area (Å²) in [6.07, 6.45) is 14.9. The van der Waals surface area contributed by atoms with Crippen molar-refractivity contribution in [2.45, 2.75) is 97.4 Å². The normalized spacial score (nSPS) is 12.4. The van der Waals surface area contributed by atoms with Gasteiger partial charge in [-0.05, 0) is 13.3 Å². The highest BCUT2D eigenvalue weighted by Gasteiger charge is 2.02. The topological polar surface area (TPSA) is 29.1 Å². The zero-order valence-electron chi connectivity index (χ0n) is 12.8. The van der Waals surface area contributed by atoms with Gasteiger partial charge in [0.15, 0.2) is 0 Å². The summed E-state index contributed by atoms with van der Waals surface area (Å²) in [7, 11) is 0. The molecular weight excluding hydrogens is 222 g/mol. The first-order chi connectivity index (χ1) is 8.66. The summed E-state index contributed by atoms with van der Waals surface area (Å²) in [6, 6.07) is 0.344. The predicted molar refractivity (Wildman–Crippen MR) is 79.7 cm³/mol. The largest absolute Gasteiger partial charge is 0.354 e. The number of nitrogens with one attached hydrogen (secondary N) is 1. The van der Waals surface area contributed by atoms with Crippen LogP contribution in [0.25, 0.3) is 0 Å². The molecule has 0 aromatic carbocycles. The molecule has 0 rings (SSSR count). The molecule has 0 fully saturated rings. The van der Waals surface area contributed by atoms with E-state index in [0.717, 1.165) is 6.42 Å². The quantitative estimate of drug-likeness (QED) is 0.498. The third-order valence-corrected chi connectivity index (χ3v) is 3.44. The molecule has 0 spiro atoms. The van der Waals surface area contributed by atoms with Crippen LogP contribution in [0.15, 0.2) is 0 Å². The van der Waals surface area contributed by atoms with Gasteiger partial charge in [-0.3, -0.25) is 4.79 Å². The van der Waals surface area contributed by atoms with E-state index in [9.17, 15) is 4.79 Å². The molecule has 0 bridgehead atoms. The van der Waals surface area contributed by atoms with Crippen LogP contribution >= 0.6 is 0 Å². The van der Waals surface area contributed by atoms with Gasteiger partial charge < -0.3 is 5.32 Å². The van der Waals surface area contributed by atoms with Crippen LogP contribution in [0.4, 0.5) is 0 Å². The Kier molecular flexibility index (Phi) is 12.5. The minimum Gasteiger partial charge on any atom is -0.354 e. The van der Waals surface area contributed by atoms with Crippen molar-refractivity contribution < 1.29 is 4.79 Å². The standard InChI is InChI=1S/C16H33NO/c1-4-5-6-7-8-9-10-11-12-13-14-15(2)17-16(3)18/h15H,4-14H2,1-3H3,(H,17,18). The monoisotopic (exact) mass is 255 g/mol. The SMILES string of the molecule is CCCCCCCCCCCCC(C)NC(C)=O. The Labute approximate surface area is 114 Å². The molecule has 108 valence electrons. The van der Waals surface area contributed by atoms with Crippen molar-refractivity contribution in [1.82, 2.24) is 5.32 Å². The van der Waals surface area contributed by atoms with Crippen molar-refractivity contribution in [3.8, 4) is 0 Å². The lowest BCUT2D eigenvalue weighted by Crippen LogP contribution is -2.30. The van der Waals surface area contributed by atoms with Crippen molar-refractivity contribution in [3.63, 3.8) is 0 Å². The molecule has 1 amide bonds. The van der Waals surface area contributed by atoms with Crippen molar-refractivity contribution in [2.75, 3.05) is 0 Å². The van der Waals surface area contributed by atoms with E-state index in [1.807, 2.05) is 0 Å². The molecule has 1 atom stereocenters. The molecule has 0 saturated heterocycles. The van der Waals surface area contributed by atoms with Gasteiger partial charge in [0.1, 0.15) is 0 Å². The number of hydrogen-bond donors (Lipinski definition) is 1. The lowest BCUT2D eigenvalue weighted by atomic mass is 10.0. The van der Waals surface area contributed by atoms with Gasteiger partial charge in [-0.25, -0.2) is 0 Å². The lowest BCUT2D eigenvalue weighted by Gasteiger charge is -2.11. The minimum absolute atomic E-state index is 0.0922. The molecule has 18 heavy (non-hydrogen) atoms. The molecule has 0 aliphatic rings. The fourth-order valence-electron chi connectivity index (χ4n) is 2.36. The first kappa shape index (κ1) is 17.5. The van der Waals surface area contributed by atoms with Crippen LogP contribution in [0.3, 0.4) is 0 Å². The fourth-order valence-corrected chi connectivity index (χ4v) is 2.36. The molecule has 0 aromatic rings. The van der Waals surface area contributed by atoms with Crippen LogP contribution < -0.4 is 5.32 Å². The maximum Gasteiger partial charge on any atom is 0.217 e. The number of rotatable bonds is 12. The summed E-state index contributed by atoms with van der Waals surface area (Å²) in [4.78, 5) is 10.8. The average Bonchev–Trinajstić information content (AvgIpc) is 2.30. The highest BCUT2D eigenvalue weighted by atomic mass is 16.1. The molecule has 0 aliphatic carbocycles. The van der Waals surface area contributed by atoms with Crippen LogP contribution in [0.2, 0.25) is 0 Å². The van der Waals surface area contributed by atoms with Crippen LogP contribution in [-0.4, -0.2) is 11.9 Å². The molecule has 2 nitrogen and oxygen atoms in total. The van der Waals surface area contributed by atoms with Gasteiger partial charge in [0.2, 0.25) is 5.91 Å². The van der Waals surface area contributed by atoms with Gasteiger partial charge >= 0.3 is 0 Å². The highest BCUT2D eigenvalue weighted by molar-refractivity contribution is 5.73. The van der Waals surface area contributed by atoms with E-state index in [2.05, 4.69) is 19.2 Å². The third-order valence-electron chi connectivity index (χ3n) is 3.44. The van der Waals surface area contributed by atoms with E-state index in [4.69, 9.17) is 0 Å². The van der Waals surface area contributed by atoms with E-state index in [-0.39, 0.29) is 5.91 Å². The van der Waals surface area contributed by atoms with E-state index in [1.165, 1.54) is 64.2 Å². The summed E-state index contributed by atoms with van der Waals surface area (Å²) in [5.41, 5.74) is 0. The van der Waals surface area contributed by atoms with E-state index in [0.29, 0.717) is 6.04 Å². The van der Waals surface area contributed by atoms with Crippen molar-refractivity contribution in [2.24, 2.45) is 0 Å². The number of hydrogen-bond acceptors (Lipinski definition) is 1. The Hall–Kier alpha value is -0.530. The van der Waals surface area contributed by atoms with E-state index < -0.39 is 0 Å². The van der Waals surface area contributed by atoms with Crippen molar-refractivity contribution >= 4 is 5.91 Å². The fraction of sp³-hybridized carbons (Fsp3) is 0.938. The summed E-state index contributed by atoms with van der Waals surface area (Å²) in [5.74, 6) is 0.0922. The molecule has 0 aliphatic heterocycles. The van der Waals surface area contributed by atoms with Gasteiger partial charge in [0.25, 0.3) is 0 Å². The Balaban J connectivity index is 3.09. The zero-order valence-corrected chi connectivity index (χ0v) is 12.8. The van der Waals surface area contributed by atoms with Crippen LogP contribution in [0.1, 0.15) is 91.4 Å². The summed E-state index contributed by atoms with van der Waals surface area (Å²) < 4.78 is 0. The maximum atomic E-state index is 10.8. The average molecular weight is 255 g/mol. The smallest absolute Gasteiger partial charge is 0.217 e. The highest BCUT2D eigenvalue weighted by Crippen LogP contribution is 2.11. The predicted octanol–water partition coefficient (Wildman–Crippen LogP) is 4.82. The lowest BCUT2D eigenvalue weighted by molar-refractivity contribution is -0.119. The molecule has 0 heterocycles. The van der Waals surface area contributed by atoms with E-state index in [1.54, 1.807) is 6.92 Å². The summed E-state index contributed by atoms with van der Waals surface area (Å²) in [5, 5.41) is 2.93. The van der Waals surface area contributed by atoms with Crippen molar-refractivity contribution in [3.05, 3.63) is 0 Å². The molecule has 0 aromatic heterocycles. The van der Waals surface area contributed by atoms with E-state index >= 15 is 0 Å². The van der Waals surface area contributed by atoms with Crippen LogP contribution in [0.5, 0.6) is 0 Å². The van der Waals surface area contributed by atoms with Gasteiger partial charge in [-0.15, -0.1) is 0 Å². The number of unbranched alkanes of at least 4 members (excludes halogenated alkanes) is 9. The van der Waals surface area contributed by atoms with Gasteiger partial charge in [-0.2, -0.15) is 0 Å². The Morgan fingerprint density at radius 3 is 1.78 bits per heavy atom. The van der Waals surface area contributed by atoms with Crippen LogP contribution in [0, 0.1) is 0 Å². The molecule has 1 unspecified atom stereocenters. The maximum absolute atomic E-state index is 10.8. The van der Waals surface area contributed by atoms with Gasteiger partial charge in [0, 0.05) is 13.0 Å². The first-order valence-electron chi connectivity index (χ1n) is 7.94. The van der Waals surface area contributed by atoms with Gasteiger partial charge in [0.05, 0.1) is 0 Å².